The fraction of sp³-hybridized carbons (Fsp3) is 0.286. The lowest BCUT2D eigenvalue weighted by Crippen LogP contribution is -2.15. The predicted octanol–water partition coefficient (Wildman–Crippen LogP) is 4.02. The van der Waals surface area contributed by atoms with Crippen LogP contribution in [0, 0.1) is 0 Å². The summed E-state index contributed by atoms with van der Waals surface area (Å²) in [5.41, 5.74) is 1.33. The maximum absolute atomic E-state index is 2.50. The molecule has 0 saturated carbocycles. The number of hydrogen-bond donors (Lipinski definition) is 0. The first-order valence-electron chi connectivity index (χ1n) is 5.84. The minimum atomic E-state index is 1.23. The molecule has 3 rings (SSSR count). The Balaban J connectivity index is 1.87. The minimum Gasteiger partial charge on any atom is -0.363 e. The second kappa shape index (κ2) is 4.30. The molecular formula is C14H15NS. The Hall–Kier alpha value is -1.28. The van der Waals surface area contributed by atoms with Crippen LogP contribution in [0.25, 0.3) is 10.4 Å². The first kappa shape index (κ1) is 9.91. The van der Waals surface area contributed by atoms with Gasteiger partial charge in [0.1, 0.15) is 0 Å². The molecule has 1 aromatic carbocycles. The van der Waals surface area contributed by atoms with Gasteiger partial charge in [0.05, 0.1) is 5.00 Å². The summed E-state index contributed by atoms with van der Waals surface area (Å²) in [6, 6.07) is 15.1. The predicted molar refractivity (Wildman–Crippen MR) is 71.2 cm³/mol. The molecule has 2 aromatic rings. The van der Waals surface area contributed by atoms with Gasteiger partial charge in [-0.05, 0) is 30.5 Å². The summed E-state index contributed by atoms with van der Waals surface area (Å²) >= 11 is 1.91. The Kier molecular flexibility index (Phi) is 2.66. The van der Waals surface area contributed by atoms with Crippen LogP contribution in [0.3, 0.4) is 0 Å². The number of rotatable bonds is 2. The molecule has 2 heterocycles. The van der Waals surface area contributed by atoms with E-state index in [-0.39, 0.29) is 0 Å². The van der Waals surface area contributed by atoms with Crippen LogP contribution in [-0.4, -0.2) is 13.1 Å². The van der Waals surface area contributed by atoms with Crippen molar-refractivity contribution < 1.29 is 0 Å². The average molecular weight is 229 g/mol. The molecule has 0 amide bonds. The fourth-order valence-corrected chi connectivity index (χ4v) is 3.26. The highest BCUT2D eigenvalue weighted by molar-refractivity contribution is 7.19. The SMILES string of the molecule is c1ccc(-c2ccc(N3CCCC3)s2)cc1. The maximum Gasteiger partial charge on any atom is 0.0914 e. The highest BCUT2D eigenvalue weighted by atomic mass is 32.1. The van der Waals surface area contributed by atoms with E-state index in [1.54, 1.807) is 0 Å². The van der Waals surface area contributed by atoms with Crippen LogP contribution in [0.4, 0.5) is 5.00 Å². The topological polar surface area (TPSA) is 3.24 Å². The normalized spacial score (nSPS) is 15.6. The van der Waals surface area contributed by atoms with Gasteiger partial charge in [0.15, 0.2) is 0 Å². The molecule has 1 fully saturated rings. The fourth-order valence-electron chi connectivity index (χ4n) is 2.19. The van der Waals surface area contributed by atoms with Crippen molar-refractivity contribution in [3.8, 4) is 10.4 Å². The lowest BCUT2D eigenvalue weighted by molar-refractivity contribution is 0.949. The van der Waals surface area contributed by atoms with E-state index in [0.717, 1.165) is 0 Å². The van der Waals surface area contributed by atoms with E-state index in [9.17, 15) is 0 Å². The van der Waals surface area contributed by atoms with E-state index in [1.165, 1.54) is 41.4 Å². The quantitative estimate of drug-likeness (QED) is 0.752. The van der Waals surface area contributed by atoms with Gasteiger partial charge in [-0.15, -0.1) is 11.3 Å². The third-order valence-electron chi connectivity index (χ3n) is 3.07. The molecule has 82 valence electrons. The number of benzene rings is 1. The molecule has 0 atom stereocenters. The first-order valence-corrected chi connectivity index (χ1v) is 6.65. The van der Waals surface area contributed by atoms with E-state index >= 15 is 0 Å². The molecule has 1 aromatic heterocycles. The number of hydrogen-bond acceptors (Lipinski definition) is 2. The van der Waals surface area contributed by atoms with Gasteiger partial charge in [0.2, 0.25) is 0 Å². The minimum absolute atomic E-state index is 1.23. The maximum atomic E-state index is 2.50. The van der Waals surface area contributed by atoms with Crippen molar-refractivity contribution >= 4 is 16.3 Å². The summed E-state index contributed by atoms with van der Waals surface area (Å²) in [5, 5.41) is 1.43. The van der Waals surface area contributed by atoms with Crippen molar-refractivity contribution in [3.63, 3.8) is 0 Å². The van der Waals surface area contributed by atoms with Crippen molar-refractivity contribution in [3.05, 3.63) is 42.5 Å². The summed E-state index contributed by atoms with van der Waals surface area (Å²) in [4.78, 5) is 3.87. The molecule has 0 spiro atoms. The van der Waals surface area contributed by atoms with Crippen LogP contribution < -0.4 is 4.90 Å². The van der Waals surface area contributed by atoms with Crippen molar-refractivity contribution in [2.75, 3.05) is 18.0 Å². The molecule has 1 nitrogen and oxygen atoms in total. The lowest BCUT2D eigenvalue weighted by Gasteiger charge is -2.13. The molecule has 0 aliphatic carbocycles. The average Bonchev–Trinajstić information content (AvgIpc) is 3.01. The highest BCUT2D eigenvalue weighted by Crippen LogP contribution is 2.34. The standard InChI is InChI=1S/C14H15NS/c1-2-6-12(7-3-1)13-8-9-14(16-13)15-10-4-5-11-15/h1-3,6-9H,4-5,10-11H2. The van der Waals surface area contributed by atoms with E-state index in [4.69, 9.17) is 0 Å². The largest absolute Gasteiger partial charge is 0.363 e. The molecule has 0 unspecified atom stereocenters. The molecule has 1 saturated heterocycles. The van der Waals surface area contributed by atoms with Gasteiger partial charge in [-0.25, -0.2) is 0 Å². The van der Waals surface area contributed by atoms with Gasteiger partial charge in [0, 0.05) is 18.0 Å². The van der Waals surface area contributed by atoms with Crippen LogP contribution in [0.2, 0.25) is 0 Å². The van der Waals surface area contributed by atoms with Gasteiger partial charge >= 0.3 is 0 Å². The molecular weight excluding hydrogens is 214 g/mol. The second-order valence-corrected chi connectivity index (χ2v) is 5.26. The summed E-state index contributed by atoms with van der Waals surface area (Å²) in [5.74, 6) is 0. The van der Waals surface area contributed by atoms with Crippen molar-refractivity contribution in [2.45, 2.75) is 12.8 Å². The molecule has 0 N–H and O–H groups in total. The lowest BCUT2D eigenvalue weighted by atomic mass is 10.2. The van der Waals surface area contributed by atoms with Gasteiger partial charge in [-0.3, -0.25) is 0 Å². The van der Waals surface area contributed by atoms with Crippen LogP contribution in [0.15, 0.2) is 42.5 Å². The molecule has 1 aliphatic heterocycles. The summed E-state index contributed by atoms with van der Waals surface area (Å²) in [6.45, 7) is 2.46. The smallest absolute Gasteiger partial charge is 0.0914 e. The Morgan fingerprint density at radius 1 is 0.875 bits per heavy atom. The van der Waals surface area contributed by atoms with Gasteiger partial charge in [0.25, 0.3) is 0 Å². The Bertz CT molecular complexity index is 455. The van der Waals surface area contributed by atoms with Gasteiger partial charge in [-0.2, -0.15) is 0 Å². The van der Waals surface area contributed by atoms with Crippen molar-refractivity contribution in [1.29, 1.82) is 0 Å². The Labute approximate surface area is 100 Å². The van der Waals surface area contributed by atoms with Crippen LogP contribution in [0.1, 0.15) is 12.8 Å². The zero-order valence-electron chi connectivity index (χ0n) is 9.23. The number of thiophene rings is 1. The Morgan fingerprint density at radius 3 is 2.38 bits per heavy atom. The molecule has 0 bridgehead atoms. The van der Waals surface area contributed by atoms with Gasteiger partial charge < -0.3 is 4.90 Å². The zero-order valence-corrected chi connectivity index (χ0v) is 10.0. The molecule has 0 radical (unpaired) electrons. The summed E-state index contributed by atoms with van der Waals surface area (Å²) in [6.07, 6.45) is 2.69. The third kappa shape index (κ3) is 1.85. The number of nitrogens with zero attached hydrogens (tertiary/aromatic N) is 1. The first-order chi connectivity index (χ1) is 7.93. The third-order valence-corrected chi connectivity index (χ3v) is 4.26. The zero-order chi connectivity index (χ0) is 10.8. The number of anilines is 1. The molecule has 2 heteroatoms. The van der Waals surface area contributed by atoms with Gasteiger partial charge in [-0.1, -0.05) is 30.3 Å². The molecule has 16 heavy (non-hydrogen) atoms. The van der Waals surface area contributed by atoms with E-state index in [0.29, 0.717) is 0 Å². The highest BCUT2D eigenvalue weighted by Gasteiger charge is 2.14. The van der Waals surface area contributed by atoms with Crippen LogP contribution >= 0.6 is 11.3 Å². The van der Waals surface area contributed by atoms with Crippen LogP contribution in [-0.2, 0) is 0 Å². The monoisotopic (exact) mass is 229 g/mol. The second-order valence-electron chi connectivity index (χ2n) is 4.20. The summed E-state index contributed by atoms with van der Waals surface area (Å²) < 4.78 is 0. The van der Waals surface area contributed by atoms with E-state index < -0.39 is 0 Å². The summed E-state index contributed by atoms with van der Waals surface area (Å²) in [7, 11) is 0. The van der Waals surface area contributed by atoms with Crippen LogP contribution in [0.5, 0.6) is 0 Å². The Morgan fingerprint density at radius 2 is 1.62 bits per heavy atom. The van der Waals surface area contributed by atoms with Crippen molar-refractivity contribution in [1.82, 2.24) is 0 Å². The van der Waals surface area contributed by atoms with E-state index in [1.807, 2.05) is 11.3 Å². The van der Waals surface area contributed by atoms with E-state index in [2.05, 4.69) is 47.4 Å². The molecule has 1 aliphatic rings. The van der Waals surface area contributed by atoms with Crippen molar-refractivity contribution in [2.24, 2.45) is 0 Å².